The van der Waals surface area contributed by atoms with Crippen LogP contribution in [0.4, 0.5) is 5.69 Å². The lowest BCUT2D eigenvalue weighted by Crippen LogP contribution is -2.13. The normalized spacial score (nSPS) is 10.4. The van der Waals surface area contributed by atoms with Gasteiger partial charge < -0.3 is 15.8 Å². The third-order valence-corrected chi connectivity index (χ3v) is 3.60. The summed E-state index contributed by atoms with van der Waals surface area (Å²) in [6.45, 7) is 3.87. The molecular formula is C17H17BrN2O3. The van der Waals surface area contributed by atoms with Crippen molar-refractivity contribution in [1.82, 2.24) is 0 Å². The van der Waals surface area contributed by atoms with Crippen LogP contribution in [0.3, 0.4) is 0 Å². The second-order valence-electron chi connectivity index (χ2n) is 5.21. The number of hydrogen-bond acceptors (Lipinski definition) is 3. The van der Waals surface area contributed by atoms with E-state index in [4.69, 9.17) is 10.5 Å². The van der Waals surface area contributed by atoms with Crippen molar-refractivity contribution in [3.05, 3.63) is 58.1 Å². The van der Waals surface area contributed by atoms with Crippen molar-refractivity contribution < 1.29 is 14.3 Å². The summed E-state index contributed by atoms with van der Waals surface area (Å²) in [7, 11) is 0. The molecule has 5 nitrogen and oxygen atoms in total. The molecule has 120 valence electrons. The Kier molecular flexibility index (Phi) is 5.39. The predicted octanol–water partition coefficient (Wildman–Crippen LogP) is 3.59. The SMILES string of the molecule is CC(C)Oc1ccc(C(=O)Nc2ccc(C(N)=O)cc2)cc1Br. The van der Waals surface area contributed by atoms with Crippen LogP contribution >= 0.6 is 15.9 Å². The van der Waals surface area contributed by atoms with Crippen molar-refractivity contribution in [1.29, 1.82) is 0 Å². The highest BCUT2D eigenvalue weighted by Gasteiger charge is 2.11. The van der Waals surface area contributed by atoms with E-state index < -0.39 is 5.91 Å². The van der Waals surface area contributed by atoms with Gasteiger partial charge in [0, 0.05) is 16.8 Å². The lowest BCUT2D eigenvalue weighted by Gasteiger charge is -2.12. The first-order valence-corrected chi connectivity index (χ1v) is 7.83. The van der Waals surface area contributed by atoms with Crippen molar-refractivity contribution in [3.63, 3.8) is 0 Å². The topological polar surface area (TPSA) is 81.4 Å². The first kappa shape index (κ1) is 17.0. The highest BCUT2D eigenvalue weighted by Crippen LogP contribution is 2.27. The molecule has 0 aliphatic rings. The van der Waals surface area contributed by atoms with Crippen LogP contribution in [0.15, 0.2) is 46.9 Å². The van der Waals surface area contributed by atoms with Crippen molar-refractivity contribution in [2.45, 2.75) is 20.0 Å². The fourth-order valence-corrected chi connectivity index (χ4v) is 2.38. The van der Waals surface area contributed by atoms with E-state index in [-0.39, 0.29) is 12.0 Å². The number of amides is 2. The maximum Gasteiger partial charge on any atom is 0.255 e. The van der Waals surface area contributed by atoms with E-state index in [2.05, 4.69) is 21.2 Å². The summed E-state index contributed by atoms with van der Waals surface area (Å²) in [6.07, 6.45) is 0.0507. The van der Waals surface area contributed by atoms with Gasteiger partial charge in [-0.3, -0.25) is 9.59 Å². The smallest absolute Gasteiger partial charge is 0.255 e. The van der Waals surface area contributed by atoms with Crippen LogP contribution in [-0.2, 0) is 0 Å². The second kappa shape index (κ2) is 7.28. The molecule has 3 N–H and O–H groups in total. The summed E-state index contributed by atoms with van der Waals surface area (Å²) in [5.41, 5.74) is 6.64. The van der Waals surface area contributed by atoms with Gasteiger partial charge in [-0.2, -0.15) is 0 Å². The lowest BCUT2D eigenvalue weighted by atomic mass is 10.1. The quantitative estimate of drug-likeness (QED) is 0.836. The second-order valence-corrected chi connectivity index (χ2v) is 6.06. The number of benzene rings is 2. The molecule has 2 aromatic rings. The standard InChI is InChI=1S/C17H17BrN2O3/c1-10(2)23-15-8-5-12(9-14(15)18)17(22)20-13-6-3-11(4-7-13)16(19)21/h3-10H,1-2H3,(H2,19,21)(H,20,22). The molecule has 23 heavy (non-hydrogen) atoms. The number of nitrogens with one attached hydrogen (secondary N) is 1. The molecule has 0 aromatic heterocycles. The molecule has 0 aliphatic heterocycles. The van der Waals surface area contributed by atoms with Crippen LogP contribution in [0, 0.1) is 0 Å². The van der Waals surface area contributed by atoms with Crippen molar-refractivity contribution >= 4 is 33.4 Å². The maximum atomic E-state index is 12.3. The van der Waals surface area contributed by atoms with E-state index in [9.17, 15) is 9.59 Å². The summed E-state index contributed by atoms with van der Waals surface area (Å²) in [6, 6.07) is 11.5. The summed E-state index contributed by atoms with van der Waals surface area (Å²) in [5, 5.41) is 2.76. The minimum absolute atomic E-state index is 0.0507. The average Bonchev–Trinajstić information content (AvgIpc) is 2.49. The zero-order valence-electron chi connectivity index (χ0n) is 12.8. The molecule has 6 heteroatoms. The Morgan fingerprint density at radius 1 is 1.09 bits per heavy atom. The molecule has 2 amide bonds. The van der Waals surface area contributed by atoms with E-state index in [1.165, 1.54) is 0 Å². The molecular weight excluding hydrogens is 360 g/mol. The Hall–Kier alpha value is -2.34. The number of halogens is 1. The number of carbonyl (C=O) groups excluding carboxylic acids is 2. The monoisotopic (exact) mass is 376 g/mol. The van der Waals surface area contributed by atoms with E-state index in [1.807, 2.05) is 13.8 Å². The van der Waals surface area contributed by atoms with Gasteiger partial charge in [-0.1, -0.05) is 0 Å². The lowest BCUT2D eigenvalue weighted by molar-refractivity contribution is 0.0998. The van der Waals surface area contributed by atoms with Crippen LogP contribution in [-0.4, -0.2) is 17.9 Å². The van der Waals surface area contributed by atoms with Crippen LogP contribution < -0.4 is 15.8 Å². The molecule has 0 heterocycles. The largest absolute Gasteiger partial charge is 0.490 e. The first-order valence-electron chi connectivity index (χ1n) is 7.04. The molecule has 2 aromatic carbocycles. The fraction of sp³-hybridized carbons (Fsp3) is 0.176. The number of carbonyl (C=O) groups is 2. The summed E-state index contributed by atoms with van der Waals surface area (Å²) in [5.74, 6) is -0.0801. The van der Waals surface area contributed by atoms with Gasteiger partial charge in [-0.15, -0.1) is 0 Å². The van der Waals surface area contributed by atoms with Gasteiger partial charge in [0.05, 0.1) is 10.6 Å². The van der Waals surface area contributed by atoms with Gasteiger partial charge in [-0.05, 0) is 72.2 Å². The van der Waals surface area contributed by atoms with Gasteiger partial charge in [0.2, 0.25) is 5.91 Å². The van der Waals surface area contributed by atoms with Crippen molar-refractivity contribution in [2.24, 2.45) is 5.73 Å². The molecule has 0 saturated carbocycles. The molecule has 0 fully saturated rings. The Morgan fingerprint density at radius 3 is 2.22 bits per heavy atom. The Morgan fingerprint density at radius 2 is 1.70 bits per heavy atom. The number of rotatable bonds is 5. The highest BCUT2D eigenvalue weighted by molar-refractivity contribution is 9.10. The number of primary amides is 1. The molecule has 0 radical (unpaired) electrons. The molecule has 0 aliphatic carbocycles. The summed E-state index contributed by atoms with van der Waals surface area (Å²) >= 11 is 3.40. The minimum Gasteiger partial charge on any atom is -0.490 e. The maximum absolute atomic E-state index is 12.3. The average molecular weight is 377 g/mol. The number of ether oxygens (including phenoxy) is 1. The summed E-state index contributed by atoms with van der Waals surface area (Å²) < 4.78 is 6.32. The van der Waals surface area contributed by atoms with Crippen molar-refractivity contribution in [3.8, 4) is 5.75 Å². The van der Waals surface area contributed by atoms with Gasteiger partial charge >= 0.3 is 0 Å². The first-order chi connectivity index (χ1) is 10.9. The van der Waals surface area contributed by atoms with Crippen LogP contribution in [0.5, 0.6) is 5.75 Å². The van der Waals surface area contributed by atoms with E-state index >= 15 is 0 Å². The molecule has 2 rings (SSSR count). The minimum atomic E-state index is -0.507. The van der Waals surface area contributed by atoms with Crippen LogP contribution in [0.2, 0.25) is 0 Å². The van der Waals surface area contributed by atoms with Crippen LogP contribution in [0.25, 0.3) is 0 Å². The van der Waals surface area contributed by atoms with Gasteiger partial charge in [0.25, 0.3) is 5.91 Å². The number of anilines is 1. The molecule has 0 saturated heterocycles. The van der Waals surface area contributed by atoms with E-state index in [0.717, 1.165) is 0 Å². The van der Waals surface area contributed by atoms with E-state index in [0.29, 0.717) is 27.0 Å². The zero-order valence-corrected chi connectivity index (χ0v) is 14.4. The Bertz CT molecular complexity index is 727. The van der Waals surface area contributed by atoms with Gasteiger partial charge in [0.1, 0.15) is 5.75 Å². The molecule has 0 unspecified atom stereocenters. The molecule has 0 bridgehead atoms. The van der Waals surface area contributed by atoms with Gasteiger partial charge in [0.15, 0.2) is 0 Å². The third kappa shape index (κ3) is 4.56. The number of nitrogens with two attached hydrogens (primary N) is 1. The summed E-state index contributed by atoms with van der Waals surface area (Å²) in [4.78, 5) is 23.3. The third-order valence-electron chi connectivity index (χ3n) is 2.98. The fourth-order valence-electron chi connectivity index (χ4n) is 1.91. The van der Waals surface area contributed by atoms with Crippen molar-refractivity contribution in [2.75, 3.05) is 5.32 Å². The number of hydrogen-bond donors (Lipinski definition) is 2. The Balaban J connectivity index is 2.11. The van der Waals surface area contributed by atoms with E-state index in [1.54, 1.807) is 42.5 Å². The van der Waals surface area contributed by atoms with Crippen LogP contribution in [0.1, 0.15) is 34.6 Å². The predicted molar refractivity (Wildman–Crippen MR) is 92.8 cm³/mol. The zero-order chi connectivity index (χ0) is 17.0. The highest BCUT2D eigenvalue weighted by atomic mass is 79.9. The molecule has 0 atom stereocenters. The Labute approximate surface area is 143 Å². The molecule has 0 spiro atoms. The van der Waals surface area contributed by atoms with Gasteiger partial charge in [-0.25, -0.2) is 0 Å².